The second-order valence-electron chi connectivity index (χ2n) is 15.3. The van der Waals surface area contributed by atoms with Crippen molar-refractivity contribution in [3.8, 4) is 23.0 Å². The van der Waals surface area contributed by atoms with Crippen LogP contribution >= 0.6 is 11.6 Å². The molecule has 16 heteroatoms. The van der Waals surface area contributed by atoms with Crippen molar-refractivity contribution >= 4 is 70.7 Å². The number of carbonyl (C=O) groups is 2. The van der Waals surface area contributed by atoms with E-state index in [1.807, 2.05) is 12.1 Å². The molecular formula is C41H46ClN4O10Si-. The second-order valence-corrected chi connectivity index (χ2v) is 20.4. The molecule has 0 bridgehead atoms. The van der Waals surface area contributed by atoms with E-state index in [9.17, 15) is 24.8 Å². The SMILES string of the molecule is COc1cc2cc(C(=O)N3CC(CCl)c4c3cc(N(Cc3ccc([N+](=O)[O-])cc3OCCO[Si](C)(C)C(C)(C)C)C(=O)[O-])c3ccccc43)[nH]c2c(OC)c1OC. The molecule has 0 radical (unpaired) electrons. The van der Waals surface area contributed by atoms with Crippen molar-refractivity contribution in [2.24, 2.45) is 0 Å². The summed E-state index contributed by atoms with van der Waals surface area (Å²) in [6, 6.07) is 16.4. The number of aromatic amines is 1. The van der Waals surface area contributed by atoms with Gasteiger partial charge in [0.2, 0.25) is 5.75 Å². The third-order valence-corrected chi connectivity index (χ3v) is 15.8. The van der Waals surface area contributed by atoms with Crippen molar-refractivity contribution in [3.63, 3.8) is 0 Å². The van der Waals surface area contributed by atoms with Crippen molar-refractivity contribution in [1.82, 2.24) is 4.98 Å². The van der Waals surface area contributed by atoms with Crippen LogP contribution in [-0.4, -0.2) is 77.2 Å². The number of amides is 2. The molecule has 0 saturated carbocycles. The van der Waals surface area contributed by atoms with Crippen LogP contribution in [-0.2, 0) is 11.0 Å². The van der Waals surface area contributed by atoms with Gasteiger partial charge in [0.1, 0.15) is 24.1 Å². The smallest absolute Gasteiger partial charge is 0.274 e. The van der Waals surface area contributed by atoms with Gasteiger partial charge in [-0.15, -0.1) is 11.6 Å². The van der Waals surface area contributed by atoms with Gasteiger partial charge in [-0.25, -0.2) is 0 Å². The molecular weight excluding hydrogens is 772 g/mol. The van der Waals surface area contributed by atoms with Gasteiger partial charge in [0.05, 0.1) is 62.4 Å². The Bertz CT molecular complexity index is 2360. The highest BCUT2D eigenvalue weighted by molar-refractivity contribution is 6.74. The minimum absolute atomic E-state index is 0.0351. The number of carbonyl (C=O) groups excluding carboxylic acids is 2. The predicted molar refractivity (Wildman–Crippen MR) is 220 cm³/mol. The number of nitrogens with zero attached hydrogens (tertiary/aromatic N) is 3. The van der Waals surface area contributed by atoms with Gasteiger partial charge in [-0.3, -0.25) is 14.9 Å². The molecule has 0 fully saturated rings. The van der Waals surface area contributed by atoms with Gasteiger partial charge < -0.3 is 48.1 Å². The largest absolute Gasteiger partial charge is 0.530 e. The van der Waals surface area contributed by atoms with Gasteiger partial charge in [0.25, 0.3) is 11.6 Å². The lowest BCUT2D eigenvalue weighted by Crippen LogP contribution is -2.42. The number of fused-ring (bicyclic) bond motifs is 4. The molecule has 0 spiro atoms. The quantitative estimate of drug-likeness (QED) is 0.0381. The fraction of sp³-hybridized carbons (Fsp3) is 0.366. The van der Waals surface area contributed by atoms with E-state index in [0.717, 1.165) is 10.5 Å². The fourth-order valence-electron chi connectivity index (χ4n) is 6.98. The Labute approximate surface area is 336 Å². The Kier molecular flexibility index (Phi) is 11.7. The van der Waals surface area contributed by atoms with Crippen LogP contribution in [0.15, 0.2) is 60.7 Å². The Morgan fingerprint density at radius 1 is 0.965 bits per heavy atom. The lowest BCUT2D eigenvalue weighted by molar-refractivity contribution is -0.385. The number of carboxylic acid groups (broad SMARTS) is 1. The van der Waals surface area contributed by atoms with E-state index in [1.54, 1.807) is 35.2 Å². The van der Waals surface area contributed by atoms with E-state index < -0.39 is 19.3 Å². The summed E-state index contributed by atoms with van der Waals surface area (Å²) in [6.45, 7) is 10.9. The first-order valence-corrected chi connectivity index (χ1v) is 21.8. The first-order chi connectivity index (χ1) is 27.0. The van der Waals surface area contributed by atoms with Gasteiger partial charge in [-0.1, -0.05) is 45.0 Å². The zero-order valence-electron chi connectivity index (χ0n) is 33.2. The Hall–Kier alpha value is -5.51. The second kappa shape index (κ2) is 16.2. The van der Waals surface area contributed by atoms with E-state index >= 15 is 0 Å². The summed E-state index contributed by atoms with van der Waals surface area (Å²) in [5.74, 6) is 0.829. The molecule has 14 nitrogen and oxygen atoms in total. The van der Waals surface area contributed by atoms with Crippen molar-refractivity contribution in [2.75, 3.05) is 56.8 Å². The highest BCUT2D eigenvalue weighted by atomic mass is 35.5. The maximum atomic E-state index is 14.5. The lowest BCUT2D eigenvalue weighted by atomic mass is 9.94. The average Bonchev–Trinajstić information content (AvgIpc) is 3.78. The van der Waals surface area contributed by atoms with E-state index in [0.29, 0.717) is 50.2 Å². The topological polar surface area (TPSA) is 169 Å². The Balaban J connectivity index is 1.41. The number of benzene rings is 4. The fourth-order valence-corrected chi connectivity index (χ4v) is 8.26. The molecule has 1 aliphatic rings. The Morgan fingerprint density at radius 2 is 1.67 bits per heavy atom. The number of anilines is 2. The standard InChI is InChI=1S/C41H47ClN4O10Si/c1-41(2,3)57(7,8)56-16-15-55-33-19-27(46(50)51)14-13-24(33)22-45(40(48)49)31-20-32-35(29-12-10-9-11-28(29)31)26(21-42)23-44(32)39(47)30-17-25-18-34(52-4)37(53-5)38(54-6)36(25)43-30/h9-14,17-20,26,43H,15-16,21-23H2,1-8H3,(H,48,49)/p-1. The molecule has 1 unspecified atom stereocenters. The van der Waals surface area contributed by atoms with Crippen molar-refractivity contribution in [2.45, 2.75) is 51.4 Å². The number of nitro groups is 1. The molecule has 57 heavy (non-hydrogen) atoms. The molecule has 2 amide bonds. The first-order valence-electron chi connectivity index (χ1n) is 18.3. The first kappa shape index (κ1) is 41.1. The van der Waals surface area contributed by atoms with Crippen molar-refractivity contribution in [1.29, 1.82) is 0 Å². The minimum Gasteiger partial charge on any atom is -0.530 e. The van der Waals surface area contributed by atoms with E-state index in [2.05, 4.69) is 38.8 Å². The number of ether oxygens (including phenoxy) is 4. The molecule has 6 rings (SSSR count). The number of aromatic nitrogens is 1. The van der Waals surface area contributed by atoms with Gasteiger partial charge >= 0.3 is 0 Å². The molecule has 302 valence electrons. The van der Waals surface area contributed by atoms with Crippen LogP contribution in [0.3, 0.4) is 0 Å². The monoisotopic (exact) mass is 817 g/mol. The molecule has 0 aliphatic carbocycles. The van der Waals surface area contributed by atoms with E-state index in [1.165, 1.54) is 39.5 Å². The van der Waals surface area contributed by atoms with Gasteiger partial charge in [-0.05, 0) is 53.3 Å². The maximum absolute atomic E-state index is 14.5. The Morgan fingerprint density at radius 3 is 2.28 bits per heavy atom. The zero-order valence-corrected chi connectivity index (χ0v) is 34.9. The molecule has 5 aromatic rings. The number of hydrogen-bond acceptors (Lipinski definition) is 10. The number of nitro benzene ring substituents is 1. The number of alkyl halides is 1. The van der Waals surface area contributed by atoms with Crippen LogP contribution < -0.4 is 33.9 Å². The molecule has 2 heterocycles. The van der Waals surface area contributed by atoms with Crippen LogP contribution in [0.2, 0.25) is 18.1 Å². The summed E-state index contributed by atoms with van der Waals surface area (Å²) >= 11 is 6.56. The maximum Gasteiger partial charge on any atom is 0.274 e. The third kappa shape index (κ3) is 7.78. The molecule has 1 aromatic heterocycles. The summed E-state index contributed by atoms with van der Waals surface area (Å²) in [5.41, 5.74) is 2.46. The van der Waals surface area contributed by atoms with Crippen LogP contribution in [0, 0.1) is 10.1 Å². The highest BCUT2D eigenvalue weighted by Crippen LogP contribution is 2.48. The van der Waals surface area contributed by atoms with Gasteiger partial charge in [0, 0.05) is 40.7 Å². The number of halogens is 1. The van der Waals surface area contributed by atoms with Crippen LogP contribution in [0.4, 0.5) is 21.9 Å². The number of hydrogen-bond donors (Lipinski definition) is 1. The summed E-state index contributed by atoms with van der Waals surface area (Å²) in [5, 5.41) is 26.8. The number of non-ortho nitro benzene ring substituents is 1. The summed E-state index contributed by atoms with van der Waals surface area (Å²) in [6.07, 6.45) is -1.53. The number of H-pyrrole nitrogens is 1. The highest BCUT2D eigenvalue weighted by Gasteiger charge is 2.38. The van der Waals surface area contributed by atoms with E-state index in [4.69, 9.17) is 35.0 Å². The molecule has 1 N–H and O–H groups in total. The minimum atomic E-state index is -2.11. The van der Waals surface area contributed by atoms with Crippen LogP contribution in [0.1, 0.15) is 48.3 Å². The molecule has 0 saturated heterocycles. The number of nitrogens with one attached hydrogen (secondary N) is 1. The third-order valence-electron chi connectivity index (χ3n) is 10.9. The normalized spacial score (nSPS) is 14.1. The molecule has 1 aliphatic heterocycles. The summed E-state index contributed by atoms with van der Waals surface area (Å²) in [7, 11) is 2.39. The molecule has 4 aromatic carbocycles. The lowest BCUT2D eigenvalue weighted by Gasteiger charge is -2.36. The average molecular weight is 818 g/mol. The number of rotatable bonds is 14. The van der Waals surface area contributed by atoms with Gasteiger partial charge in [-0.2, -0.15) is 0 Å². The number of methoxy groups -OCH3 is 3. The predicted octanol–water partition coefficient (Wildman–Crippen LogP) is 7.99. The summed E-state index contributed by atoms with van der Waals surface area (Å²) < 4.78 is 29.0. The van der Waals surface area contributed by atoms with E-state index in [-0.39, 0.29) is 71.9 Å². The van der Waals surface area contributed by atoms with Crippen molar-refractivity contribution in [3.05, 3.63) is 87.6 Å². The van der Waals surface area contributed by atoms with Gasteiger partial charge in [0.15, 0.2) is 19.8 Å². The van der Waals surface area contributed by atoms with Crippen LogP contribution in [0.5, 0.6) is 23.0 Å². The zero-order chi connectivity index (χ0) is 41.4. The molecule has 1 atom stereocenters. The van der Waals surface area contributed by atoms with Crippen molar-refractivity contribution < 1.29 is 43.0 Å². The van der Waals surface area contributed by atoms with Crippen LogP contribution in [0.25, 0.3) is 21.7 Å². The summed E-state index contributed by atoms with van der Waals surface area (Å²) in [4.78, 5) is 44.7.